The van der Waals surface area contributed by atoms with E-state index < -0.39 is 0 Å². The average molecular weight is 485 g/mol. The summed E-state index contributed by atoms with van der Waals surface area (Å²) in [6, 6.07) is 34.2. The van der Waals surface area contributed by atoms with Crippen LogP contribution in [0.5, 0.6) is 0 Å². The molecule has 2 aromatic heterocycles. The van der Waals surface area contributed by atoms with Gasteiger partial charge >= 0.3 is 0 Å². The topological polar surface area (TPSA) is 64.7 Å². The Labute approximate surface area is 211 Å². The Morgan fingerprint density at radius 1 is 0.528 bits per heavy atom. The largest absolute Gasteiger partial charge is 0.435 e. The van der Waals surface area contributed by atoms with Crippen LogP contribution in [-0.4, -0.2) is 19.9 Å². The van der Waals surface area contributed by atoms with Gasteiger partial charge in [-0.1, -0.05) is 72.8 Å². The highest BCUT2D eigenvalue weighted by Gasteiger charge is 2.14. The Hall–Kier alpha value is -4.61. The maximum Gasteiger partial charge on any atom is 0.227 e. The van der Waals surface area contributed by atoms with E-state index in [1.807, 2.05) is 78.9 Å². The minimum atomic E-state index is 0.146. The zero-order chi connectivity index (χ0) is 24.1. The van der Waals surface area contributed by atoms with Crippen molar-refractivity contribution in [3.63, 3.8) is 0 Å². The fourth-order valence-corrected chi connectivity index (χ4v) is 4.64. The molecule has 6 heteroatoms. The summed E-state index contributed by atoms with van der Waals surface area (Å²) in [7, 11) is 0. The van der Waals surface area contributed by atoms with E-state index in [1.54, 1.807) is 0 Å². The number of oxazole rings is 1. The Morgan fingerprint density at radius 3 is 2.00 bits per heavy atom. The number of benzene rings is 5. The predicted molar refractivity (Wildman–Crippen MR) is 144 cm³/mol. The molecule has 0 bridgehead atoms. The van der Waals surface area contributed by atoms with Crippen molar-refractivity contribution < 1.29 is 4.42 Å². The van der Waals surface area contributed by atoms with E-state index in [9.17, 15) is 0 Å². The van der Waals surface area contributed by atoms with Gasteiger partial charge in [0.05, 0.1) is 0 Å². The third-order valence-electron chi connectivity index (χ3n) is 6.27. The van der Waals surface area contributed by atoms with E-state index in [0.717, 1.165) is 49.3 Å². The van der Waals surface area contributed by atoms with Crippen LogP contribution in [0.25, 0.3) is 66.9 Å². The molecule has 0 aliphatic rings. The van der Waals surface area contributed by atoms with Gasteiger partial charge < -0.3 is 4.42 Å². The van der Waals surface area contributed by atoms with Crippen LogP contribution < -0.4 is 0 Å². The van der Waals surface area contributed by atoms with Crippen molar-refractivity contribution in [2.75, 3.05) is 0 Å². The van der Waals surface area contributed by atoms with Crippen LogP contribution in [-0.2, 0) is 0 Å². The Morgan fingerprint density at radius 2 is 1.19 bits per heavy atom. The molecule has 7 rings (SSSR count). The van der Waals surface area contributed by atoms with Gasteiger partial charge in [-0.25, -0.2) is 9.97 Å². The third kappa shape index (κ3) is 3.58. The van der Waals surface area contributed by atoms with Crippen molar-refractivity contribution in [1.29, 1.82) is 0 Å². The van der Waals surface area contributed by atoms with Crippen molar-refractivity contribution in [3.05, 3.63) is 108 Å². The second-order valence-corrected chi connectivity index (χ2v) is 8.89. The lowest BCUT2D eigenvalue weighted by Crippen LogP contribution is -1.97. The lowest BCUT2D eigenvalue weighted by molar-refractivity contribution is 0.623. The van der Waals surface area contributed by atoms with Gasteiger partial charge in [-0.2, -0.15) is 9.97 Å². The number of hydrogen-bond acceptors (Lipinski definition) is 5. The van der Waals surface area contributed by atoms with Gasteiger partial charge in [0.1, 0.15) is 5.52 Å². The summed E-state index contributed by atoms with van der Waals surface area (Å²) in [5.41, 5.74) is 4.15. The summed E-state index contributed by atoms with van der Waals surface area (Å²) in [4.78, 5) is 18.3. The zero-order valence-electron chi connectivity index (χ0n) is 18.9. The van der Waals surface area contributed by atoms with Crippen LogP contribution >= 0.6 is 11.6 Å². The quantitative estimate of drug-likeness (QED) is 0.254. The van der Waals surface area contributed by atoms with E-state index in [4.69, 9.17) is 26.0 Å². The van der Waals surface area contributed by atoms with Gasteiger partial charge in [0.2, 0.25) is 11.2 Å². The molecule has 0 saturated heterocycles. The minimum Gasteiger partial charge on any atom is -0.435 e. The SMILES string of the molecule is Clc1nc(-c2ccc3ccccc3c2)nc(-c2ccc3ccc4nc(-c5ccccc5)oc4c3c2)n1. The number of nitrogens with zero attached hydrogens (tertiary/aromatic N) is 4. The maximum absolute atomic E-state index is 6.36. The number of aromatic nitrogens is 4. The van der Waals surface area contributed by atoms with Crippen LogP contribution in [0.2, 0.25) is 5.28 Å². The highest BCUT2D eigenvalue weighted by atomic mass is 35.5. The van der Waals surface area contributed by atoms with Gasteiger partial charge in [0.15, 0.2) is 17.2 Å². The second-order valence-electron chi connectivity index (χ2n) is 8.55. The van der Waals surface area contributed by atoms with Crippen molar-refractivity contribution in [3.8, 4) is 34.2 Å². The molecule has 170 valence electrons. The molecule has 0 spiro atoms. The first-order valence-electron chi connectivity index (χ1n) is 11.5. The van der Waals surface area contributed by atoms with E-state index in [-0.39, 0.29) is 5.28 Å². The number of rotatable bonds is 3. The van der Waals surface area contributed by atoms with Crippen LogP contribution in [0.4, 0.5) is 0 Å². The number of fused-ring (bicyclic) bond motifs is 4. The van der Waals surface area contributed by atoms with Crippen molar-refractivity contribution in [2.45, 2.75) is 0 Å². The summed E-state index contributed by atoms with van der Waals surface area (Å²) in [5.74, 6) is 1.62. The summed E-state index contributed by atoms with van der Waals surface area (Å²) in [6.07, 6.45) is 0. The predicted octanol–water partition coefficient (Wildman–Crippen LogP) is 7.97. The molecule has 5 nitrogen and oxygen atoms in total. The van der Waals surface area contributed by atoms with E-state index in [0.29, 0.717) is 17.5 Å². The third-order valence-corrected chi connectivity index (χ3v) is 6.44. The monoisotopic (exact) mass is 484 g/mol. The molecule has 0 N–H and O–H groups in total. The summed E-state index contributed by atoms with van der Waals surface area (Å²) in [5, 5.41) is 4.38. The second kappa shape index (κ2) is 8.26. The van der Waals surface area contributed by atoms with Crippen LogP contribution in [0.15, 0.2) is 108 Å². The molecular formula is C30H17ClN4O. The molecule has 0 fully saturated rings. The highest BCUT2D eigenvalue weighted by Crippen LogP contribution is 2.33. The van der Waals surface area contributed by atoms with Gasteiger partial charge in [0.25, 0.3) is 0 Å². The Balaban J connectivity index is 1.36. The Bertz CT molecular complexity index is 1910. The molecule has 0 saturated carbocycles. The smallest absolute Gasteiger partial charge is 0.227 e. The van der Waals surface area contributed by atoms with E-state index >= 15 is 0 Å². The van der Waals surface area contributed by atoms with Crippen molar-refractivity contribution in [1.82, 2.24) is 19.9 Å². The zero-order valence-corrected chi connectivity index (χ0v) is 19.6. The van der Waals surface area contributed by atoms with Crippen LogP contribution in [0, 0.1) is 0 Å². The summed E-state index contributed by atoms with van der Waals surface area (Å²) >= 11 is 6.36. The molecule has 0 unspecified atom stereocenters. The van der Waals surface area contributed by atoms with Gasteiger partial charge in [-0.05, 0) is 58.1 Å². The molecular weight excluding hydrogens is 468 g/mol. The molecule has 0 atom stereocenters. The first kappa shape index (κ1) is 20.7. The summed E-state index contributed by atoms with van der Waals surface area (Å²) < 4.78 is 6.23. The van der Waals surface area contributed by atoms with E-state index in [2.05, 4.69) is 34.2 Å². The van der Waals surface area contributed by atoms with E-state index in [1.165, 1.54) is 0 Å². The van der Waals surface area contributed by atoms with Gasteiger partial charge in [-0.15, -0.1) is 0 Å². The van der Waals surface area contributed by atoms with Gasteiger partial charge in [-0.3, -0.25) is 0 Å². The molecule has 5 aromatic carbocycles. The number of hydrogen-bond donors (Lipinski definition) is 0. The Kier molecular flexibility index (Phi) is 4.76. The molecule has 0 aliphatic heterocycles. The molecule has 0 radical (unpaired) electrons. The normalized spacial score (nSPS) is 11.5. The molecule has 0 aliphatic carbocycles. The molecule has 0 amide bonds. The standard InChI is InChI=1S/C30H17ClN4O/c31-30-34-27(22-12-10-18-6-4-5-9-21(18)16-22)33-28(35-30)23-13-11-19-14-15-25-26(24(19)17-23)36-29(32-25)20-7-2-1-3-8-20/h1-17H. The number of halogens is 1. The van der Waals surface area contributed by atoms with Crippen LogP contribution in [0.3, 0.4) is 0 Å². The van der Waals surface area contributed by atoms with Crippen molar-refractivity contribution in [2.24, 2.45) is 0 Å². The van der Waals surface area contributed by atoms with Crippen molar-refractivity contribution >= 4 is 44.2 Å². The van der Waals surface area contributed by atoms with Gasteiger partial charge in [0, 0.05) is 22.1 Å². The summed E-state index contributed by atoms with van der Waals surface area (Å²) in [6.45, 7) is 0. The molecule has 2 heterocycles. The fraction of sp³-hybridized carbons (Fsp3) is 0. The average Bonchev–Trinajstić information content (AvgIpc) is 3.38. The first-order chi connectivity index (χ1) is 17.7. The minimum absolute atomic E-state index is 0.146. The van der Waals surface area contributed by atoms with Crippen LogP contribution in [0.1, 0.15) is 0 Å². The fourth-order valence-electron chi connectivity index (χ4n) is 4.48. The highest BCUT2D eigenvalue weighted by molar-refractivity contribution is 6.28. The maximum atomic E-state index is 6.36. The lowest BCUT2D eigenvalue weighted by atomic mass is 10.1. The molecule has 7 aromatic rings. The molecule has 36 heavy (non-hydrogen) atoms. The lowest BCUT2D eigenvalue weighted by Gasteiger charge is -2.07. The first-order valence-corrected chi connectivity index (χ1v) is 11.9.